The highest BCUT2D eigenvalue weighted by Gasteiger charge is 2.31. The van der Waals surface area contributed by atoms with Gasteiger partial charge in [-0.25, -0.2) is 4.79 Å². The Morgan fingerprint density at radius 3 is 2.52 bits per heavy atom. The second-order valence-electron chi connectivity index (χ2n) is 6.97. The van der Waals surface area contributed by atoms with Crippen LogP contribution in [0.2, 0.25) is 0 Å². The summed E-state index contributed by atoms with van der Waals surface area (Å²) in [5.74, 6) is 0.157. The lowest BCUT2D eigenvalue weighted by molar-refractivity contribution is -0.132. The zero-order chi connectivity index (χ0) is 18.4. The number of rotatable bonds is 5. The molecule has 1 unspecified atom stereocenters. The zero-order valence-electron chi connectivity index (χ0n) is 15.5. The maximum absolute atomic E-state index is 12.6. The number of aryl methyl sites for hydroxylation is 1. The number of hydrogen-bond acceptors (Lipinski definition) is 4. The molecule has 2 amide bonds. The third-order valence-corrected chi connectivity index (χ3v) is 4.15. The van der Waals surface area contributed by atoms with E-state index in [0.717, 1.165) is 5.56 Å². The van der Waals surface area contributed by atoms with Crippen LogP contribution in [0, 0.1) is 12.8 Å². The topological polar surface area (TPSA) is 59.1 Å². The van der Waals surface area contributed by atoms with Gasteiger partial charge in [-0.15, -0.1) is 0 Å². The summed E-state index contributed by atoms with van der Waals surface area (Å²) >= 11 is 0. The van der Waals surface area contributed by atoms with Gasteiger partial charge in [0.05, 0.1) is 19.3 Å². The molecule has 0 aliphatic carbocycles. The highest BCUT2D eigenvalue weighted by Crippen LogP contribution is 2.14. The van der Waals surface area contributed by atoms with Crippen LogP contribution in [-0.4, -0.2) is 61.3 Å². The van der Waals surface area contributed by atoms with Crippen LogP contribution >= 0.6 is 0 Å². The van der Waals surface area contributed by atoms with Gasteiger partial charge in [-0.3, -0.25) is 9.69 Å². The van der Waals surface area contributed by atoms with E-state index in [1.807, 2.05) is 45.0 Å². The van der Waals surface area contributed by atoms with Crippen molar-refractivity contribution < 1.29 is 19.1 Å². The molecule has 1 aliphatic rings. The lowest BCUT2D eigenvalue weighted by Gasteiger charge is -2.23. The Labute approximate surface area is 149 Å². The molecule has 1 aromatic carbocycles. The van der Waals surface area contributed by atoms with Crippen molar-refractivity contribution in [1.82, 2.24) is 9.80 Å². The summed E-state index contributed by atoms with van der Waals surface area (Å²) in [5.41, 5.74) is 2.24. The molecular weight excluding hydrogens is 320 g/mol. The van der Waals surface area contributed by atoms with Crippen molar-refractivity contribution in [3.8, 4) is 0 Å². The Morgan fingerprint density at radius 2 is 1.92 bits per heavy atom. The van der Waals surface area contributed by atoms with Crippen LogP contribution in [0.15, 0.2) is 24.3 Å². The summed E-state index contributed by atoms with van der Waals surface area (Å²) in [4.78, 5) is 28.0. The fourth-order valence-electron chi connectivity index (χ4n) is 2.66. The van der Waals surface area contributed by atoms with Crippen molar-refractivity contribution in [1.29, 1.82) is 0 Å². The molecule has 1 aliphatic heterocycles. The predicted octanol–water partition coefficient (Wildman–Crippen LogP) is 2.45. The minimum atomic E-state index is -0.457. The Kier molecular flexibility index (Phi) is 6.82. The van der Waals surface area contributed by atoms with E-state index in [4.69, 9.17) is 9.47 Å². The molecule has 1 fully saturated rings. The normalized spacial score (nSPS) is 18.4. The monoisotopic (exact) mass is 348 g/mol. The van der Waals surface area contributed by atoms with Crippen LogP contribution in [0.5, 0.6) is 0 Å². The first-order valence-electron chi connectivity index (χ1n) is 8.67. The predicted molar refractivity (Wildman–Crippen MR) is 95.2 cm³/mol. The first-order chi connectivity index (χ1) is 11.9. The van der Waals surface area contributed by atoms with Crippen LogP contribution in [0.25, 0.3) is 0 Å². The van der Waals surface area contributed by atoms with Crippen LogP contribution in [-0.2, 0) is 20.8 Å². The van der Waals surface area contributed by atoms with Crippen molar-refractivity contribution in [2.75, 3.05) is 33.4 Å². The second-order valence-corrected chi connectivity index (χ2v) is 6.97. The molecule has 1 aromatic rings. The first kappa shape index (κ1) is 19.2. The van der Waals surface area contributed by atoms with Crippen LogP contribution in [0.3, 0.4) is 0 Å². The molecule has 0 N–H and O–H groups in total. The average Bonchev–Trinajstić information content (AvgIpc) is 2.74. The maximum atomic E-state index is 12.6. The average molecular weight is 348 g/mol. The van der Waals surface area contributed by atoms with E-state index in [0.29, 0.717) is 26.2 Å². The summed E-state index contributed by atoms with van der Waals surface area (Å²) in [7, 11) is 1.60. The number of carbonyl (C=O) groups is 2. The summed E-state index contributed by atoms with van der Waals surface area (Å²) < 4.78 is 10.7. The largest absolute Gasteiger partial charge is 0.449 e. The maximum Gasteiger partial charge on any atom is 0.410 e. The fraction of sp³-hybridized carbons (Fsp3) is 0.579. The molecule has 1 heterocycles. The van der Waals surface area contributed by atoms with Crippen LogP contribution < -0.4 is 0 Å². The van der Waals surface area contributed by atoms with Crippen molar-refractivity contribution in [2.45, 2.75) is 33.4 Å². The lowest BCUT2D eigenvalue weighted by atomic mass is 10.1. The van der Waals surface area contributed by atoms with Gasteiger partial charge < -0.3 is 14.4 Å². The first-order valence-corrected chi connectivity index (χ1v) is 8.67. The molecule has 0 saturated carbocycles. The van der Waals surface area contributed by atoms with Gasteiger partial charge in [-0.1, -0.05) is 43.7 Å². The number of benzene rings is 1. The number of hydrogen-bond donors (Lipinski definition) is 0. The van der Waals surface area contributed by atoms with Gasteiger partial charge in [0, 0.05) is 20.2 Å². The molecule has 0 radical (unpaired) electrons. The fourth-order valence-corrected chi connectivity index (χ4v) is 2.66. The van der Waals surface area contributed by atoms with Crippen molar-refractivity contribution in [2.24, 2.45) is 5.92 Å². The third-order valence-electron chi connectivity index (χ3n) is 4.15. The lowest BCUT2D eigenvalue weighted by Crippen LogP contribution is -2.40. The summed E-state index contributed by atoms with van der Waals surface area (Å²) in [6.07, 6.45) is -0.690. The minimum Gasteiger partial charge on any atom is -0.449 e. The number of nitrogens with zero attached hydrogens (tertiary/aromatic N) is 2. The Bertz CT molecular complexity index is 586. The number of methoxy groups -OCH3 is 1. The van der Waals surface area contributed by atoms with Crippen molar-refractivity contribution in [3.05, 3.63) is 35.4 Å². The minimum absolute atomic E-state index is 0.0165. The third kappa shape index (κ3) is 5.74. The van der Waals surface area contributed by atoms with E-state index in [2.05, 4.69) is 0 Å². The number of carbonyl (C=O) groups excluding carboxylic acids is 2. The number of ether oxygens (including phenoxy) is 2. The zero-order valence-corrected chi connectivity index (χ0v) is 15.5. The van der Waals surface area contributed by atoms with Crippen LogP contribution in [0.1, 0.15) is 25.0 Å². The molecule has 1 saturated heterocycles. The van der Waals surface area contributed by atoms with Gasteiger partial charge in [-0.2, -0.15) is 0 Å². The van der Waals surface area contributed by atoms with Gasteiger partial charge in [0.15, 0.2) is 0 Å². The van der Waals surface area contributed by atoms with E-state index in [1.54, 1.807) is 12.0 Å². The van der Waals surface area contributed by atoms with E-state index < -0.39 is 6.09 Å². The van der Waals surface area contributed by atoms with Crippen molar-refractivity contribution in [3.63, 3.8) is 0 Å². The van der Waals surface area contributed by atoms with Gasteiger partial charge in [-0.05, 0) is 18.4 Å². The molecule has 1 atom stereocenters. The quantitative estimate of drug-likeness (QED) is 0.820. The smallest absolute Gasteiger partial charge is 0.410 e. The molecule has 2 rings (SSSR count). The molecule has 6 nitrogen and oxygen atoms in total. The Morgan fingerprint density at radius 1 is 1.24 bits per heavy atom. The summed E-state index contributed by atoms with van der Waals surface area (Å²) in [6, 6.07) is 8.09. The van der Waals surface area contributed by atoms with Gasteiger partial charge in [0.1, 0.15) is 6.54 Å². The SMILES string of the molecule is COC1CN(Cc2ccc(C)cc2)C(=O)CN(C(=O)OCC(C)C)C1. The van der Waals surface area contributed by atoms with E-state index in [1.165, 1.54) is 10.5 Å². The standard InChI is InChI=1S/C19H28N2O4/c1-14(2)13-25-19(23)21-11-17(24-4)10-20(18(22)12-21)9-16-7-5-15(3)6-8-16/h5-8,14,17H,9-13H2,1-4H3. The molecule has 6 heteroatoms. The summed E-state index contributed by atoms with van der Waals surface area (Å²) in [6.45, 7) is 7.65. The molecule has 0 spiro atoms. The van der Waals surface area contributed by atoms with Crippen molar-refractivity contribution >= 4 is 12.0 Å². The molecule has 25 heavy (non-hydrogen) atoms. The molecule has 0 bridgehead atoms. The van der Waals surface area contributed by atoms with E-state index in [9.17, 15) is 9.59 Å². The Balaban J connectivity index is 2.05. The van der Waals surface area contributed by atoms with E-state index in [-0.39, 0.29) is 24.5 Å². The van der Waals surface area contributed by atoms with E-state index >= 15 is 0 Å². The van der Waals surface area contributed by atoms with Gasteiger partial charge in [0.25, 0.3) is 0 Å². The second kappa shape index (κ2) is 8.85. The Hall–Kier alpha value is -2.08. The highest BCUT2D eigenvalue weighted by atomic mass is 16.6. The summed E-state index contributed by atoms with van der Waals surface area (Å²) in [5, 5.41) is 0. The molecule has 138 valence electrons. The highest BCUT2D eigenvalue weighted by molar-refractivity contribution is 5.83. The van der Waals surface area contributed by atoms with Gasteiger partial charge in [0.2, 0.25) is 5.91 Å². The van der Waals surface area contributed by atoms with Gasteiger partial charge >= 0.3 is 6.09 Å². The number of amides is 2. The molecule has 0 aromatic heterocycles. The van der Waals surface area contributed by atoms with Crippen LogP contribution in [0.4, 0.5) is 4.79 Å². The molecular formula is C19H28N2O4.